The van der Waals surface area contributed by atoms with Gasteiger partial charge in [-0.1, -0.05) is 153 Å². The summed E-state index contributed by atoms with van der Waals surface area (Å²) in [5.74, 6) is 0.893. The Balaban J connectivity index is 0.00000471. The van der Waals surface area contributed by atoms with E-state index in [1.165, 1.54) is 22.1 Å². The molecule has 63 heavy (non-hydrogen) atoms. The Hall–Kier alpha value is -7.00. The molecule has 4 nitrogen and oxygen atoms in total. The summed E-state index contributed by atoms with van der Waals surface area (Å²) < 4.78 is 2.27. The SMILES string of the molecule is CC(C)(C)c1ccnc(-n2c3[c-]c(-c4ccccc4-c4[c-]c(N5[CH-]N(c6c(-c7ccccc7)cccc6-c6ccccc6)c6ccccc65)ccc4)ccc3c3ccccc32)c1.[Pt]. The molecule has 0 aliphatic carbocycles. The summed E-state index contributed by atoms with van der Waals surface area (Å²) in [7, 11) is 0. The molecule has 0 saturated heterocycles. The number of para-hydroxylation sites is 4. The van der Waals surface area contributed by atoms with Crippen molar-refractivity contribution in [1.82, 2.24) is 9.55 Å². The zero-order valence-electron chi connectivity index (χ0n) is 35.2. The molecule has 11 rings (SSSR count). The number of pyridine rings is 1. The maximum atomic E-state index is 4.92. The molecule has 0 unspecified atom stereocenters. The first-order chi connectivity index (χ1) is 30.4. The Bertz CT molecular complexity index is 3220. The standard InChI is InChI=1S/C58H43N4.Pt/c1-58(2,3)44-34-35-59-56(38-44)62-52-29-13-12-26-50(52)51-33-32-43(37-55(51)62)47-25-11-10-24-46(47)42-22-16-23-45(36-42)60-39-61(54-31-15-14-30-53(54)60)57-48(40-18-6-4-7-19-40)27-17-28-49(57)41-20-8-5-9-21-41;/h4-35,38-39H,1-3H3;/q-3;. The van der Waals surface area contributed by atoms with Gasteiger partial charge in [0.05, 0.1) is 0 Å². The van der Waals surface area contributed by atoms with Crippen LogP contribution in [0.1, 0.15) is 26.3 Å². The fraction of sp³-hybridized carbons (Fsp3) is 0.0690. The Morgan fingerprint density at radius 1 is 0.492 bits per heavy atom. The van der Waals surface area contributed by atoms with Gasteiger partial charge in [-0.05, 0) is 63.3 Å². The number of hydrogen-bond donors (Lipinski definition) is 0. The van der Waals surface area contributed by atoms with E-state index in [4.69, 9.17) is 4.98 Å². The van der Waals surface area contributed by atoms with Gasteiger partial charge in [-0.25, -0.2) is 4.98 Å². The molecule has 0 amide bonds. The van der Waals surface area contributed by atoms with E-state index in [0.29, 0.717) is 0 Å². The van der Waals surface area contributed by atoms with E-state index in [2.05, 4.69) is 248 Å². The van der Waals surface area contributed by atoms with Gasteiger partial charge in [-0.2, -0.15) is 0 Å². The Labute approximate surface area is 384 Å². The van der Waals surface area contributed by atoms with Gasteiger partial charge in [0.2, 0.25) is 0 Å². The number of anilines is 4. The molecule has 0 fully saturated rings. The minimum absolute atomic E-state index is 0. The molecule has 3 heterocycles. The number of nitrogens with zero attached hydrogens (tertiary/aromatic N) is 4. The molecule has 0 radical (unpaired) electrons. The molecule has 1 aliphatic rings. The van der Waals surface area contributed by atoms with Crippen LogP contribution >= 0.6 is 0 Å². The Kier molecular flexibility index (Phi) is 10.4. The average Bonchev–Trinajstić information content (AvgIpc) is 3.88. The van der Waals surface area contributed by atoms with Gasteiger partial charge in [0.25, 0.3) is 0 Å². The van der Waals surface area contributed by atoms with E-state index < -0.39 is 0 Å². The third-order valence-corrected chi connectivity index (χ3v) is 12.0. The third-order valence-electron chi connectivity index (χ3n) is 12.0. The summed E-state index contributed by atoms with van der Waals surface area (Å²) in [5, 5.41) is 2.33. The zero-order valence-corrected chi connectivity index (χ0v) is 37.5. The fourth-order valence-electron chi connectivity index (χ4n) is 8.99. The third kappa shape index (κ3) is 7.15. The van der Waals surface area contributed by atoms with Crippen molar-refractivity contribution in [3.8, 4) is 50.3 Å². The van der Waals surface area contributed by atoms with Crippen LogP contribution in [0.3, 0.4) is 0 Å². The molecule has 8 aromatic carbocycles. The second-order valence-corrected chi connectivity index (χ2v) is 16.9. The number of fused-ring (bicyclic) bond motifs is 4. The van der Waals surface area contributed by atoms with Crippen LogP contribution in [-0.2, 0) is 26.5 Å². The summed E-state index contributed by atoms with van der Waals surface area (Å²) in [6.45, 7) is 8.96. The van der Waals surface area contributed by atoms with E-state index in [9.17, 15) is 0 Å². The number of rotatable bonds is 7. The molecule has 2 aromatic heterocycles. The van der Waals surface area contributed by atoms with Crippen molar-refractivity contribution in [2.45, 2.75) is 26.2 Å². The van der Waals surface area contributed by atoms with Gasteiger partial charge in [0.1, 0.15) is 5.82 Å². The largest absolute Gasteiger partial charge is 0.488 e. The molecule has 10 aromatic rings. The van der Waals surface area contributed by atoms with Crippen LogP contribution in [0.2, 0.25) is 0 Å². The van der Waals surface area contributed by atoms with Crippen LogP contribution in [0, 0.1) is 18.8 Å². The molecule has 0 N–H and O–H groups in total. The maximum absolute atomic E-state index is 4.92. The fourth-order valence-corrected chi connectivity index (χ4v) is 8.99. The molecule has 0 spiro atoms. The first-order valence-electron chi connectivity index (χ1n) is 21.2. The Morgan fingerprint density at radius 3 is 1.75 bits per heavy atom. The molecular formula is C58H43N4Pt-3. The molecule has 0 saturated carbocycles. The predicted octanol–water partition coefficient (Wildman–Crippen LogP) is 15.2. The van der Waals surface area contributed by atoms with E-state index >= 15 is 0 Å². The van der Waals surface area contributed by atoms with Crippen LogP contribution in [0.25, 0.3) is 72.1 Å². The van der Waals surface area contributed by atoms with Gasteiger partial charge in [0.15, 0.2) is 0 Å². The van der Waals surface area contributed by atoms with Crippen LogP contribution in [0.4, 0.5) is 22.7 Å². The van der Waals surface area contributed by atoms with Crippen LogP contribution in [0.15, 0.2) is 200 Å². The summed E-state index contributed by atoms with van der Waals surface area (Å²) in [4.78, 5) is 9.54. The van der Waals surface area contributed by atoms with Gasteiger partial charge in [0, 0.05) is 61.0 Å². The summed E-state index contributed by atoms with van der Waals surface area (Å²) in [6, 6.07) is 76.9. The summed E-state index contributed by atoms with van der Waals surface area (Å²) in [6.07, 6.45) is 1.93. The van der Waals surface area contributed by atoms with E-state index in [1.807, 2.05) is 6.20 Å². The topological polar surface area (TPSA) is 24.3 Å². The van der Waals surface area contributed by atoms with Crippen molar-refractivity contribution >= 4 is 44.6 Å². The van der Waals surface area contributed by atoms with Crippen molar-refractivity contribution in [3.05, 3.63) is 225 Å². The second kappa shape index (κ2) is 16.4. The smallest absolute Gasteiger partial charge is 0.136 e. The molecule has 0 bridgehead atoms. The Morgan fingerprint density at radius 2 is 1.06 bits per heavy atom. The minimum atomic E-state index is -0.0136. The first-order valence-corrected chi connectivity index (χ1v) is 21.2. The molecule has 0 atom stereocenters. The predicted molar refractivity (Wildman–Crippen MR) is 258 cm³/mol. The van der Waals surface area contributed by atoms with Crippen LogP contribution in [-0.4, -0.2) is 9.55 Å². The zero-order chi connectivity index (χ0) is 41.8. The quantitative estimate of drug-likeness (QED) is 0.149. The van der Waals surface area contributed by atoms with Crippen molar-refractivity contribution < 1.29 is 21.1 Å². The number of hydrogen-bond acceptors (Lipinski definition) is 3. The molecule has 308 valence electrons. The first kappa shape index (κ1) is 40.1. The molecule has 5 heteroatoms. The van der Waals surface area contributed by atoms with Gasteiger partial charge >= 0.3 is 0 Å². The van der Waals surface area contributed by atoms with Gasteiger partial charge in [-0.3, -0.25) is 0 Å². The van der Waals surface area contributed by atoms with E-state index in [0.717, 1.165) is 78.4 Å². The van der Waals surface area contributed by atoms with Gasteiger partial charge < -0.3 is 14.4 Å². The molecular weight excluding hydrogens is 948 g/mol. The second-order valence-electron chi connectivity index (χ2n) is 16.9. The number of benzene rings is 8. The average molecular weight is 991 g/mol. The number of aromatic nitrogens is 2. The van der Waals surface area contributed by atoms with Crippen molar-refractivity contribution in [2.75, 3.05) is 9.80 Å². The van der Waals surface area contributed by atoms with Crippen molar-refractivity contribution in [3.63, 3.8) is 0 Å². The van der Waals surface area contributed by atoms with Gasteiger partial charge in [-0.15, -0.1) is 83.5 Å². The minimum Gasteiger partial charge on any atom is -0.488 e. The van der Waals surface area contributed by atoms with Crippen molar-refractivity contribution in [1.29, 1.82) is 0 Å². The summed E-state index contributed by atoms with van der Waals surface area (Å²) in [5.41, 5.74) is 16.5. The van der Waals surface area contributed by atoms with E-state index in [-0.39, 0.29) is 26.5 Å². The maximum Gasteiger partial charge on any atom is 0.136 e. The van der Waals surface area contributed by atoms with Crippen LogP contribution < -0.4 is 9.80 Å². The monoisotopic (exact) mass is 990 g/mol. The molecule has 1 aliphatic heterocycles. The van der Waals surface area contributed by atoms with Crippen LogP contribution in [0.5, 0.6) is 0 Å². The van der Waals surface area contributed by atoms with E-state index in [1.54, 1.807) is 0 Å². The summed E-state index contributed by atoms with van der Waals surface area (Å²) >= 11 is 0. The van der Waals surface area contributed by atoms with Crippen molar-refractivity contribution in [2.24, 2.45) is 0 Å². The normalized spacial score (nSPS) is 12.4.